The van der Waals surface area contributed by atoms with Gasteiger partial charge in [0, 0.05) is 10.7 Å². The lowest BCUT2D eigenvalue weighted by molar-refractivity contribution is -0.121. The third-order valence-electron chi connectivity index (χ3n) is 4.40. The maximum absolute atomic E-state index is 12.8. The highest BCUT2D eigenvalue weighted by Crippen LogP contribution is 2.27. The molecule has 0 N–H and O–H groups in total. The number of benzene rings is 2. The first-order valence-electron chi connectivity index (χ1n) is 9.18. The summed E-state index contributed by atoms with van der Waals surface area (Å²) in [6.45, 7) is 1.77. The van der Waals surface area contributed by atoms with Gasteiger partial charge in [0.25, 0.3) is 15.9 Å². The molecule has 2 aromatic rings. The van der Waals surface area contributed by atoms with E-state index in [1.807, 2.05) is 6.92 Å². The number of urea groups is 1. The van der Waals surface area contributed by atoms with Crippen molar-refractivity contribution in [3.05, 3.63) is 59.1 Å². The predicted octanol–water partition coefficient (Wildman–Crippen LogP) is 3.45. The summed E-state index contributed by atoms with van der Waals surface area (Å²) in [5, 5.41) is 0.317. The molecule has 3 amide bonds. The highest BCUT2D eigenvalue weighted by Gasteiger charge is 2.45. The van der Waals surface area contributed by atoms with E-state index in [4.69, 9.17) is 16.3 Å². The fraction of sp³-hybridized carbons (Fsp3) is 0.250. The smallest absolute Gasteiger partial charge is 0.346 e. The van der Waals surface area contributed by atoms with E-state index in [2.05, 4.69) is 0 Å². The van der Waals surface area contributed by atoms with Gasteiger partial charge in [-0.15, -0.1) is 4.31 Å². The SMILES string of the molecule is CCCCOC(=O)c1cccc(N2CC(=O)N(S(=O)(=O)c3ccc(Cl)cc3)C2=O)c1. The molecule has 2 aromatic carbocycles. The number of nitrogens with zero attached hydrogens (tertiary/aromatic N) is 2. The normalized spacial score (nSPS) is 14.3. The van der Waals surface area contributed by atoms with E-state index >= 15 is 0 Å². The first-order valence-corrected chi connectivity index (χ1v) is 11.0. The van der Waals surface area contributed by atoms with Gasteiger partial charge in [-0.3, -0.25) is 9.69 Å². The number of halogens is 1. The first-order chi connectivity index (χ1) is 14.3. The lowest BCUT2D eigenvalue weighted by atomic mass is 10.2. The Morgan fingerprint density at radius 1 is 1.13 bits per heavy atom. The third-order valence-corrected chi connectivity index (χ3v) is 6.36. The molecule has 0 aliphatic carbocycles. The zero-order valence-electron chi connectivity index (χ0n) is 16.1. The molecule has 1 saturated heterocycles. The standard InChI is InChI=1S/C20H19ClN2O6S/c1-2-3-11-29-19(25)14-5-4-6-16(12-14)22-13-18(24)23(20(22)26)30(27,28)17-9-7-15(21)8-10-17/h4-10,12H,2-3,11,13H2,1H3. The number of hydrogen-bond donors (Lipinski definition) is 0. The molecular weight excluding hydrogens is 432 g/mol. The summed E-state index contributed by atoms with van der Waals surface area (Å²) in [6.07, 6.45) is 1.59. The monoisotopic (exact) mass is 450 g/mol. The molecule has 0 spiro atoms. The zero-order chi connectivity index (χ0) is 21.9. The van der Waals surface area contributed by atoms with E-state index in [-0.39, 0.29) is 27.1 Å². The maximum Gasteiger partial charge on any atom is 0.346 e. The van der Waals surface area contributed by atoms with Gasteiger partial charge >= 0.3 is 12.0 Å². The molecule has 0 radical (unpaired) electrons. The summed E-state index contributed by atoms with van der Waals surface area (Å²) >= 11 is 5.77. The van der Waals surface area contributed by atoms with Crippen LogP contribution in [0, 0.1) is 0 Å². The second kappa shape index (κ2) is 8.85. The van der Waals surface area contributed by atoms with Crippen LogP contribution in [-0.2, 0) is 19.6 Å². The highest BCUT2D eigenvalue weighted by molar-refractivity contribution is 7.90. The quantitative estimate of drug-likeness (QED) is 0.364. The Hall–Kier alpha value is -2.91. The molecular formula is C20H19ClN2O6S. The Morgan fingerprint density at radius 3 is 2.50 bits per heavy atom. The number of esters is 1. The average molecular weight is 451 g/mol. The van der Waals surface area contributed by atoms with Crippen molar-refractivity contribution in [1.82, 2.24) is 4.31 Å². The van der Waals surface area contributed by atoms with Crippen LogP contribution in [0.3, 0.4) is 0 Å². The highest BCUT2D eigenvalue weighted by atomic mass is 35.5. The van der Waals surface area contributed by atoms with Crippen molar-refractivity contribution < 1.29 is 27.5 Å². The van der Waals surface area contributed by atoms with Crippen molar-refractivity contribution in [3.63, 3.8) is 0 Å². The van der Waals surface area contributed by atoms with E-state index < -0.39 is 34.5 Å². The molecule has 10 heteroatoms. The zero-order valence-corrected chi connectivity index (χ0v) is 17.6. The Bertz CT molecular complexity index is 1080. The minimum Gasteiger partial charge on any atom is -0.462 e. The van der Waals surface area contributed by atoms with E-state index in [0.717, 1.165) is 17.7 Å². The Morgan fingerprint density at radius 2 is 1.83 bits per heavy atom. The average Bonchev–Trinajstić information content (AvgIpc) is 3.03. The molecule has 0 aromatic heterocycles. The Labute approximate surface area is 179 Å². The summed E-state index contributed by atoms with van der Waals surface area (Å²) in [6, 6.07) is 10.1. The third kappa shape index (κ3) is 4.31. The maximum atomic E-state index is 12.8. The summed E-state index contributed by atoms with van der Waals surface area (Å²) in [4.78, 5) is 38.1. The van der Waals surface area contributed by atoms with Crippen molar-refractivity contribution in [2.75, 3.05) is 18.1 Å². The predicted molar refractivity (Wildman–Crippen MR) is 110 cm³/mol. The van der Waals surface area contributed by atoms with Gasteiger partial charge in [0.2, 0.25) is 0 Å². The molecule has 0 bridgehead atoms. The van der Waals surface area contributed by atoms with Crippen molar-refractivity contribution in [2.45, 2.75) is 24.7 Å². The van der Waals surface area contributed by atoms with Crippen LogP contribution in [0.25, 0.3) is 0 Å². The molecule has 1 fully saturated rings. The summed E-state index contributed by atoms with van der Waals surface area (Å²) < 4.78 is 31.0. The Kier molecular flexibility index (Phi) is 6.42. The van der Waals surface area contributed by atoms with E-state index in [1.54, 1.807) is 0 Å². The number of amides is 3. The molecule has 158 valence electrons. The minimum atomic E-state index is -4.39. The van der Waals surface area contributed by atoms with E-state index in [9.17, 15) is 22.8 Å². The van der Waals surface area contributed by atoms with Gasteiger partial charge in [0.05, 0.1) is 17.1 Å². The van der Waals surface area contributed by atoms with Gasteiger partial charge in [0.1, 0.15) is 6.54 Å². The van der Waals surface area contributed by atoms with Crippen molar-refractivity contribution in [2.24, 2.45) is 0 Å². The number of rotatable bonds is 7. The first kappa shape index (κ1) is 21.8. The van der Waals surface area contributed by atoms with Gasteiger partial charge in [0.15, 0.2) is 0 Å². The topological polar surface area (TPSA) is 101 Å². The molecule has 3 rings (SSSR count). The molecule has 1 aliphatic heterocycles. The number of unbranched alkanes of at least 4 members (excludes halogenated alkanes) is 1. The molecule has 1 heterocycles. The van der Waals surface area contributed by atoms with E-state index in [1.165, 1.54) is 48.5 Å². The van der Waals surface area contributed by atoms with Gasteiger partial charge < -0.3 is 4.74 Å². The molecule has 0 unspecified atom stereocenters. The minimum absolute atomic E-state index is 0.197. The Balaban J connectivity index is 1.85. The number of carbonyl (C=O) groups excluding carboxylic acids is 3. The fourth-order valence-corrected chi connectivity index (χ4v) is 4.27. The van der Waals surface area contributed by atoms with Gasteiger partial charge in [-0.2, -0.15) is 0 Å². The van der Waals surface area contributed by atoms with Gasteiger partial charge in [-0.1, -0.05) is 31.0 Å². The van der Waals surface area contributed by atoms with Crippen molar-refractivity contribution in [3.8, 4) is 0 Å². The number of sulfonamides is 1. The van der Waals surface area contributed by atoms with Crippen LogP contribution in [0.2, 0.25) is 5.02 Å². The number of ether oxygens (including phenoxy) is 1. The lowest BCUT2D eigenvalue weighted by Gasteiger charge is -2.17. The second-order valence-corrected chi connectivity index (χ2v) is 8.75. The number of hydrogen-bond acceptors (Lipinski definition) is 6. The molecule has 0 atom stereocenters. The number of carbonyl (C=O) groups is 3. The largest absolute Gasteiger partial charge is 0.462 e. The lowest BCUT2D eigenvalue weighted by Crippen LogP contribution is -2.38. The second-order valence-electron chi connectivity index (χ2n) is 6.53. The van der Waals surface area contributed by atoms with Crippen LogP contribution in [0.1, 0.15) is 30.1 Å². The van der Waals surface area contributed by atoms with Gasteiger partial charge in [-0.25, -0.2) is 18.0 Å². The molecule has 0 saturated carbocycles. The summed E-state index contributed by atoms with van der Waals surface area (Å²) in [5.74, 6) is -1.46. The fourth-order valence-electron chi connectivity index (χ4n) is 2.83. The van der Waals surface area contributed by atoms with Crippen LogP contribution in [0.5, 0.6) is 0 Å². The van der Waals surface area contributed by atoms with Crippen LogP contribution >= 0.6 is 11.6 Å². The van der Waals surface area contributed by atoms with Crippen LogP contribution in [-0.4, -0.2) is 43.8 Å². The number of imide groups is 1. The van der Waals surface area contributed by atoms with Crippen molar-refractivity contribution in [1.29, 1.82) is 0 Å². The molecule has 30 heavy (non-hydrogen) atoms. The number of anilines is 1. The van der Waals surface area contributed by atoms with Crippen LogP contribution in [0.15, 0.2) is 53.4 Å². The van der Waals surface area contributed by atoms with E-state index in [0.29, 0.717) is 5.02 Å². The van der Waals surface area contributed by atoms with Crippen LogP contribution < -0.4 is 4.90 Å². The molecule has 8 nitrogen and oxygen atoms in total. The van der Waals surface area contributed by atoms with Crippen LogP contribution in [0.4, 0.5) is 10.5 Å². The van der Waals surface area contributed by atoms with Gasteiger partial charge in [-0.05, 0) is 48.9 Å². The molecule has 1 aliphatic rings. The summed E-state index contributed by atoms with van der Waals surface area (Å²) in [5.41, 5.74) is 0.412. The summed E-state index contributed by atoms with van der Waals surface area (Å²) in [7, 11) is -4.39. The van der Waals surface area contributed by atoms with Crippen molar-refractivity contribution >= 4 is 45.2 Å².